The van der Waals surface area contributed by atoms with Crippen LogP contribution < -0.4 is 9.73 Å². The molecule has 1 amide bonds. The minimum Gasteiger partial charge on any atom is -0.271 e. The van der Waals surface area contributed by atoms with Gasteiger partial charge in [0.2, 0.25) is 0 Å². The second-order valence-corrected chi connectivity index (χ2v) is 8.80. The summed E-state index contributed by atoms with van der Waals surface area (Å²) in [6.07, 6.45) is 1.49. The molecule has 0 saturated carbocycles. The second-order valence-electron chi connectivity index (χ2n) is 6.51. The van der Waals surface area contributed by atoms with Crippen LogP contribution in [0, 0.1) is 6.92 Å². The van der Waals surface area contributed by atoms with E-state index in [1.54, 1.807) is 24.3 Å². The number of hydrogen-bond donors (Lipinski definition) is 1. The van der Waals surface area contributed by atoms with E-state index in [9.17, 15) is 13.2 Å². The predicted octanol–water partition coefficient (Wildman–Crippen LogP) is 3.99. The maximum atomic E-state index is 13.2. The molecule has 0 aliphatic carbocycles. The molecule has 154 valence electrons. The predicted molar refractivity (Wildman–Crippen MR) is 119 cm³/mol. The molecule has 0 bridgehead atoms. The number of hydrogen-bond acceptors (Lipinski definition) is 4. The van der Waals surface area contributed by atoms with Crippen molar-refractivity contribution in [1.29, 1.82) is 0 Å². The van der Waals surface area contributed by atoms with Crippen molar-refractivity contribution in [2.24, 2.45) is 5.10 Å². The maximum Gasteiger partial charge on any atom is 0.264 e. The summed E-state index contributed by atoms with van der Waals surface area (Å²) >= 11 is 5.88. The van der Waals surface area contributed by atoms with Gasteiger partial charge >= 0.3 is 0 Å². The summed E-state index contributed by atoms with van der Waals surface area (Å²) < 4.78 is 27.5. The van der Waals surface area contributed by atoms with Crippen LogP contribution in [0.2, 0.25) is 5.02 Å². The van der Waals surface area contributed by atoms with Crippen molar-refractivity contribution in [3.05, 3.63) is 95.0 Å². The number of anilines is 1. The zero-order valence-corrected chi connectivity index (χ0v) is 17.8. The van der Waals surface area contributed by atoms with Crippen LogP contribution in [0.1, 0.15) is 11.1 Å². The number of halogens is 1. The topological polar surface area (TPSA) is 78.8 Å². The molecule has 0 aliphatic rings. The number of nitrogens with one attached hydrogen (secondary N) is 1. The SMILES string of the molecule is Cc1ccc(N(CC(=O)NN=Cc2ccccc2)S(=O)(=O)c2ccc(Cl)cc2)cc1. The van der Waals surface area contributed by atoms with E-state index in [-0.39, 0.29) is 4.90 Å². The molecule has 6 nitrogen and oxygen atoms in total. The molecule has 0 atom stereocenters. The lowest BCUT2D eigenvalue weighted by molar-refractivity contribution is -0.119. The molecule has 0 spiro atoms. The van der Waals surface area contributed by atoms with Gasteiger partial charge in [-0.3, -0.25) is 9.10 Å². The highest BCUT2D eigenvalue weighted by atomic mass is 35.5. The summed E-state index contributed by atoms with van der Waals surface area (Å²) in [6.45, 7) is 1.47. The Labute approximate surface area is 180 Å². The van der Waals surface area contributed by atoms with Gasteiger partial charge in [-0.15, -0.1) is 0 Å². The van der Waals surface area contributed by atoms with Crippen LogP contribution in [0.3, 0.4) is 0 Å². The number of carbonyl (C=O) groups excluding carboxylic acids is 1. The smallest absolute Gasteiger partial charge is 0.264 e. The molecule has 0 aromatic heterocycles. The molecule has 1 N–H and O–H groups in total. The largest absolute Gasteiger partial charge is 0.271 e. The third-order valence-electron chi connectivity index (χ3n) is 4.21. The number of hydrazone groups is 1. The van der Waals surface area contributed by atoms with Crippen molar-refractivity contribution in [2.75, 3.05) is 10.8 Å². The van der Waals surface area contributed by atoms with Crippen LogP contribution in [-0.2, 0) is 14.8 Å². The van der Waals surface area contributed by atoms with Gasteiger partial charge in [-0.05, 0) is 48.9 Å². The number of sulfonamides is 1. The van der Waals surface area contributed by atoms with Gasteiger partial charge in [0.15, 0.2) is 0 Å². The Morgan fingerprint density at radius 2 is 1.63 bits per heavy atom. The molecule has 3 rings (SSSR count). The van der Waals surface area contributed by atoms with E-state index < -0.39 is 22.5 Å². The summed E-state index contributed by atoms with van der Waals surface area (Å²) in [5.41, 5.74) is 4.53. The molecular weight excluding hydrogens is 422 g/mol. The fourth-order valence-corrected chi connectivity index (χ4v) is 4.19. The zero-order chi connectivity index (χ0) is 21.6. The highest BCUT2D eigenvalue weighted by Gasteiger charge is 2.27. The fraction of sp³-hybridized carbons (Fsp3) is 0.0909. The summed E-state index contributed by atoms with van der Waals surface area (Å²) in [7, 11) is -3.99. The van der Waals surface area contributed by atoms with Gasteiger partial charge < -0.3 is 0 Å². The lowest BCUT2D eigenvalue weighted by Crippen LogP contribution is -2.39. The highest BCUT2D eigenvalue weighted by molar-refractivity contribution is 7.92. The first-order valence-corrected chi connectivity index (χ1v) is 10.9. The van der Waals surface area contributed by atoms with E-state index in [4.69, 9.17) is 11.6 Å². The Morgan fingerprint density at radius 3 is 2.27 bits per heavy atom. The van der Waals surface area contributed by atoms with Crippen LogP contribution in [0.15, 0.2) is 88.9 Å². The summed E-state index contributed by atoms with van der Waals surface area (Å²) in [4.78, 5) is 12.5. The first-order valence-electron chi connectivity index (χ1n) is 9.08. The summed E-state index contributed by atoms with van der Waals surface area (Å²) in [5.74, 6) is -0.569. The monoisotopic (exact) mass is 441 g/mol. The molecule has 0 saturated heterocycles. The van der Waals surface area contributed by atoms with Gasteiger partial charge in [-0.25, -0.2) is 13.8 Å². The molecule has 3 aromatic carbocycles. The van der Waals surface area contributed by atoms with E-state index in [0.29, 0.717) is 10.7 Å². The van der Waals surface area contributed by atoms with E-state index in [1.807, 2.05) is 37.3 Å². The van der Waals surface area contributed by atoms with Crippen LogP contribution >= 0.6 is 11.6 Å². The van der Waals surface area contributed by atoms with Crippen molar-refractivity contribution in [3.63, 3.8) is 0 Å². The summed E-state index contributed by atoms with van der Waals surface area (Å²) in [6, 6.07) is 21.9. The van der Waals surface area contributed by atoms with E-state index in [2.05, 4.69) is 10.5 Å². The van der Waals surface area contributed by atoms with Crippen LogP contribution in [0.4, 0.5) is 5.69 Å². The van der Waals surface area contributed by atoms with Gasteiger partial charge in [-0.2, -0.15) is 5.10 Å². The first kappa shape index (κ1) is 21.5. The zero-order valence-electron chi connectivity index (χ0n) is 16.2. The van der Waals surface area contributed by atoms with Gasteiger partial charge in [0.1, 0.15) is 6.54 Å². The van der Waals surface area contributed by atoms with E-state index in [0.717, 1.165) is 15.4 Å². The minimum absolute atomic E-state index is 0.0352. The third kappa shape index (κ3) is 5.46. The molecule has 30 heavy (non-hydrogen) atoms. The number of carbonyl (C=O) groups is 1. The third-order valence-corrected chi connectivity index (χ3v) is 6.25. The number of rotatable bonds is 7. The Balaban J connectivity index is 1.84. The molecular formula is C22H20ClN3O3S. The normalized spacial score (nSPS) is 11.4. The summed E-state index contributed by atoms with van der Waals surface area (Å²) in [5, 5.41) is 4.33. The minimum atomic E-state index is -3.99. The molecule has 3 aromatic rings. The molecule has 0 unspecified atom stereocenters. The van der Waals surface area contributed by atoms with Gasteiger partial charge in [0.25, 0.3) is 15.9 Å². The van der Waals surface area contributed by atoms with Gasteiger partial charge in [-0.1, -0.05) is 59.6 Å². The Bertz CT molecular complexity index is 1130. The van der Waals surface area contributed by atoms with Crippen molar-refractivity contribution < 1.29 is 13.2 Å². The Kier molecular flexibility index (Phi) is 6.87. The molecule has 0 fully saturated rings. The standard InChI is InChI=1S/C22H20ClN3O3S/c1-17-7-11-20(12-8-17)26(30(28,29)21-13-9-19(23)10-14-21)16-22(27)25-24-15-18-5-3-2-4-6-18/h2-15H,16H2,1H3,(H,25,27). The second kappa shape index (κ2) is 9.56. The van der Waals surface area contributed by atoms with Crippen molar-refractivity contribution in [2.45, 2.75) is 11.8 Å². The highest BCUT2D eigenvalue weighted by Crippen LogP contribution is 2.25. The Hall–Kier alpha value is -3.16. The Morgan fingerprint density at radius 1 is 1.00 bits per heavy atom. The van der Waals surface area contributed by atoms with Crippen molar-refractivity contribution >= 4 is 39.4 Å². The molecule has 0 aliphatic heterocycles. The average Bonchev–Trinajstić information content (AvgIpc) is 2.74. The van der Waals surface area contributed by atoms with E-state index >= 15 is 0 Å². The lowest BCUT2D eigenvalue weighted by Gasteiger charge is -2.23. The maximum absolute atomic E-state index is 13.2. The number of amides is 1. The number of aryl methyl sites for hydroxylation is 1. The van der Waals surface area contributed by atoms with Crippen molar-refractivity contribution in [1.82, 2.24) is 5.43 Å². The lowest BCUT2D eigenvalue weighted by atomic mass is 10.2. The van der Waals surface area contributed by atoms with Gasteiger partial charge in [0.05, 0.1) is 16.8 Å². The number of nitrogens with zero attached hydrogens (tertiary/aromatic N) is 2. The van der Waals surface area contributed by atoms with Crippen molar-refractivity contribution in [3.8, 4) is 0 Å². The van der Waals surface area contributed by atoms with Crippen LogP contribution in [-0.4, -0.2) is 27.1 Å². The van der Waals surface area contributed by atoms with Crippen LogP contribution in [0.5, 0.6) is 0 Å². The molecule has 8 heteroatoms. The van der Waals surface area contributed by atoms with E-state index in [1.165, 1.54) is 30.5 Å². The molecule has 0 radical (unpaired) electrons. The quantitative estimate of drug-likeness (QED) is 0.444. The number of benzene rings is 3. The average molecular weight is 442 g/mol. The molecule has 0 heterocycles. The first-order chi connectivity index (χ1) is 14.4. The van der Waals surface area contributed by atoms with Crippen LogP contribution in [0.25, 0.3) is 0 Å². The fourth-order valence-electron chi connectivity index (χ4n) is 2.64. The van der Waals surface area contributed by atoms with Gasteiger partial charge in [0, 0.05) is 5.02 Å².